The molecule has 0 radical (unpaired) electrons. The molecule has 0 aliphatic rings. The molecule has 0 saturated carbocycles. The second-order valence-corrected chi connectivity index (χ2v) is 1.88. The molecule has 0 saturated heterocycles. The van der Waals surface area contributed by atoms with Gasteiger partial charge in [0.05, 0.1) is 0 Å². The number of nitrogens with two attached hydrogens (primary N) is 1. The van der Waals surface area contributed by atoms with Crippen LogP contribution in [0.1, 0.15) is 0 Å². The molecule has 4 heteroatoms. The highest BCUT2D eigenvalue weighted by Gasteiger charge is 1.92. The Bertz CT molecular complexity index is 173. The Morgan fingerprint density at radius 1 is 1.56 bits per heavy atom. The van der Waals surface area contributed by atoms with E-state index in [1.165, 1.54) is 0 Å². The van der Waals surface area contributed by atoms with Crippen molar-refractivity contribution in [3.8, 4) is 0 Å². The molecule has 1 rings (SSSR count). The van der Waals surface area contributed by atoms with Crippen LogP contribution >= 0.6 is 11.6 Å². The fraction of sp³-hybridized carbons (Fsp3) is 0. The van der Waals surface area contributed by atoms with E-state index in [1.807, 2.05) is 0 Å². The molecule has 1 heterocycles. The topological polar surface area (TPSA) is 40.2 Å². The van der Waals surface area contributed by atoms with Crippen molar-refractivity contribution in [3.63, 3.8) is 0 Å². The Hall–Kier alpha value is -0.470. The first-order valence-electron chi connectivity index (χ1n) is 2.22. The summed E-state index contributed by atoms with van der Waals surface area (Å²) in [5.74, 6) is 0. The summed E-state index contributed by atoms with van der Waals surface area (Å²) < 4.78 is 0. The van der Waals surface area contributed by atoms with Crippen LogP contribution in [0.5, 0.6) is 0 Å². The minimum Gasteiger partial charge on any atom is -1.00 e. The van der Waals surface area contributed by atoms with E-state index in [9.17, 15) is 0 Å². The first kappa shape index (κ1) is 8.53. The summed E-state index contributed by atoms with van der Waals surface area (Å²) in [4.78, 5) is 2.76. The number of pyridine rings is 1. The maximum Gasteiger partial charge on any atom is 0.275 e. The maximum atomic E-state index is 5.51. The molecule has 2 nitrogen and oxygen atoms in total. The molecule has 0 atom stereocenters. The highest BCUT2D eigenvalue weighted by atomic mass is 35.5. The third-order valence-corrected chi connectivity index (χ3v) is 1.01. The molecule has 50 valence electrons. The minimum absolute atomic E-state index is 0. The minimum atomic E-state index is 0. The van der Waals surface area contributed by atoms with Gasteiger partial charge < -0.3 is 18.1 Å². The second-order valence-electron chi connectivity index (χ2n) is 1.47. The zero-order valence-corrected chi connectivity index (χ0v) is 6.08. The number of rotatable bonds is 0. The van der Waals surface area contributed by atoms with E-state index in [0.717, 1.165) is 0 Å². The van der Waals surface area contributed by atoms with Crippen LogP contribution in [0.4, 0.5) is 5.69 Å². The van der Waals surface area contributed by atoms with Crippen LogP contribution in [0.2, 0.25) is 5.15 Å². The normalized spacial score (nSPS) is 8.11. The molecular weight excluding hydrogens is 159 g/mol. The van der Waals surface area contributed by atoms with E-state index in [2.05, 4.69) is 4.98 Å². The number of hydrogen-bond donors (Lipinski definition) is 1. The van der Waals surface area contributed by atoms with Gasteiger partial charge in [-0.05, 0) is 11.6 Å². The lowest BCUT2D eigenvalue weighted by Gasteiger charge is -1.83. The molecular formula is C5H6Cl2N2. The maximum absolute atomic E-state index is 5.51. The van der Waals surface area contributed by atoms with Gasteiger partial charge >= 0.3 is 0 Å². The average Bonchev–Trinajstić information content (AvgIpc) is 1.64. The van der Waals surface area contributed by atoms with Crippen molar-refractivity contribution >= 4 is 17.3 Å². The van der Waals surface area contributed by atoms with Crippen LogP contribution in [-0.2, 0) is 0 Å². The van der Waals surface area contributed by atoms with E-state index in [1.54, 1.807) is 18.3 Å². The van der Waals surface area contributed by atoms with Gasteiger partial charge in [-0.3, -0.25) is 0 Å². The molecule has 0 aromatic carbocycles. The first-order chi connectivity index (χ1) is 3.79. The van der Waals surface area contributed by atoms with Crippen molar-refractivity contribution in [1.82, 2.24) is 0 Å². The fourth-order valence-corrected chi connectivity index (χ4v) is 0.643. The van der Waals surface area contributed by atoms with Crippen molar-refractivity contribution < 1.29 is 17.4 Å². The van der Waals surface area contributed by atoms with Gasteiger partial charge in [-0.15, -0.1) is 0 Å². The van der Waals surface area contributed by atoms with Crippen molar-refractivity contribution in [2.75, 3.05) is 5.73 Å². The standard InChI is InChI=1S/C5H5ClN2.ClH/c6-5-3-4(7)1-2-8-5;/h1-3H,(H2,7,8);1H. The summed E-state index contributed by atoms with van der Waals surface area (Å²) in [5, 5.41) is 0.560. The Balaban J connectivity index is 0.000000640. The van der Waals surface area contributed by atoms with Gasteiger partial charge in [-0.2, -0.15) is 0 Å². The molecule has 9 heavy (non-hydrogen) atoms. The van der Waals surface area contributed by atoms with Gasteiger partial charge in [0.2, 0.25) is 0 Å². The van der Waals surface area contributed by atoms with Gasteiger partial charge in [0, 0.05) is 17.8 Å². The van der Waals surface area contributed by atoms with E-state index in [0.29, 0.717) is 10.8 Å². The zero-order chi connectivity index (χ0) is 5.98. The highest BCUT2D eigenvalue weighted by molar-refractivity contribution is 6.28. The summed E-state index contributed by atoms with van der Waals surface area (Å²) in [7, 11) is 0. The second kappa shape index (κ2) is 3.54. The number of aromatic nitrogens is 1. The molecule has 0 aliphatic heterocycles. The molecule has 0 fully saturated rings. The number of halogens is 2. The summed E-state index contributed by atoms with van der Waals surface area (Å²) >= 11 is 5.51. The van der Waals surface area contributed by atoms with E-state index in [-0.39, 0.29) is 12.4 Å². The van der Waals surface area contributed by atoms with Crippen molar-refractivity contribution in [2.24, 2.45) is 0 Å². The van der Waals surface area contributed by atoms with E-state index < -0.39 is 0 Å². The largest absolute Gasteiger partial charge is 1.00 e. The lowest BCUT2D eigenvalue weighted by Crippen LogP contribution is -3.00. The number of nitrogen functional groups attached to an aromatic ring is 1. The third-order valence-electron chi connectivity index (χ3n) is 0.790. The zero-order valence-electron chi connectivity index (χ0n) is 4.57. The highest BCUT2D eigenvalue weighted by Crippen LogP contribution is 2.02. The Morgan fingerprint density at radius 3 is 2.56 bits per heavy atom. The van der Waals surface area contributed by atoms with Gasteiger partial charge in [-0.1, -0.05) is 0 Å². The molecule has 0 spiro atoms. The fourth-order valence-electron chi connectivity index (χ4n) is 0.454. The van der Waals surface area contributed by atoms with Gasteiger partial charge in [0.25, 0.3) is 5.15 Å². The average molecular weight is 165 g/mol. The number of H-pyrrole nitrogens is 1. The van der Waals surface area contributed by atoms with Crippen LogP contribution in [-0.4, -0.2) is 0 Å². The van der Waals surface area contributed by atoms with Crippen molar-refractivity contribution in [1.29, 1.82) is 0 Å². The Kier molecular flexibility index (Phi) is 3.35. The number of nitrogens with one attached hydrogen (secondary N) is 1. The van der Waals surface area contributed by atoms with Crippen molar-refractivity contribution in [2.45, 2.75) is 0 Å². The number of anilines is 1. The van der Waals surface area contributed by atoms with E-state index >= 15 is 0 Å². The lowest BCUT2D eigenvalue weighted by atomic mass is 10.4. The van der Waals surface area contributed by atoms with Crippen LogP contribution in [0.15, 0.2) is 18.3 Å². The third kappa shape index (κ3) is 2.54. The Morgan fingerprint density at radius 2 is 2.22 bits per heavy atom. The molecule has 0 aliphatic carbocycles. The van der Waals surface area contributed by atoms with Crippen LogP contribution in [0.3, 0.4) is 0 Å². The van der Waals surface area contributed by atoms with Crippen LogP contribution in [0, 0.1) is 0 Å². The van der Waals surface area contributed by atoms with E-state index in [4.69, 9.17) is 17.3 Å². The summed E-state index contributed by atoms with van der Waals surface area (Å²) in [5.41, 5.74) is 6.03. The number of hydrogen-bond acceptors (Lipinski definition) is 1. The molecule has 0 unspecified atom stereocenters. The van der Waals surface area contributed by atoms with Gasteiger partial charge in [-0.25, -0.2) is 4.98 Å². The summed E-state index contributed by atoms with van der Waals surface area (Å²) in [6, 6.07) is 3.40. The molecule has 1 aromatic heterocycles. The SMILES string of the molecule is Nc1cc[nH+]c(Cl)c1.[Cl-]. The molecule has 0 amide bonds. The quantitative estimate of drug-likeness (QED) is 0.433. The van der Waals surface area contributed by atoms with Crippen LogP contribution < -0.4 is 23.1 Å². The molecule has 0 bridgehead atoms. The summed E-state index contributed by atoms with van der Waals surface area (Å²) in [6.07, 6.45) is 1.69. The smallest absolute Gasteiger partial charge is 0.275 e. The van der Waals surface area contributed by atoms with Crippen LogP contribution in [0.25, 0.3) is 0 Å². The predicted octanol–water partition coefficient (Wildman–Crippen LogP) is -2.26. The van der Waals surface area contributed by atoms with Crippen molar-refractivity contribution in [3.05, 3.63) is 23.5 Å². The monoisotopic (exact) mass is 164 g/mol. The Labute approximate surface area is 64.4 Å². The first-order valence-corrected chi connectivity index (χ1v) is 2.59. The predicted molar refractivity (Wildman–Crippen MR) is 32.4 cm³/mol. The summed E-state index contributed by atoms with van der Waals surface area (Å²) in [6.45, 7) is 0. The van der Waals surface area contributed by atoms with Gasteiger partial charge in [0.15, 0.2) is 6.20 Å². The van der Waals surface area contributed by atoms with Gasteiger partial charge in [0.1, 0.15) is 0 Å². The molecule has 3 N–H and O–H groups in total. The number of aromatic amines is 1. The molecule has 1 aromatic rings. The lowest BCUT2D eigenvalue weighted by molar-refractivity contribution is -0.375.